The maximum absolute atomic E-state index is 13.1. The third kappa shape index (κ3) is 3.81. The first-order chi connectivity index (χ1) is 13.5. The van der Waals surface area contributed by atoms with E-state index in [-0.39, 0.29) is 18.0 Å². The first kappa shape index (κ1) is 19.7. The lowest BCUT2D eigenvalue weighted by Gasteiger charge is -2.36. The molecule has 2 amide bonds. The van der Waals surface area contributed by atoms with Gasteiger partial charge < -0.3 is 24.7 Å². The number of aromatic nitrogens is 2. The molecule has 8 heteroatoms. The minimum atomic E-state index is -0.718. The lowest BCUT2D eigenvalue weighted by atomic mass is 9.95. The molecule has 1 aliphatic heterocycles. The Balaban J connectivity index is 1.94. The van der Waals surface area contributed by atoms with Crippen molar-refractivity contribution >= 4 is 12.0 Å². The minimum Gasteiger partial charge on any atom is -0.497 e. The Hall–Kier alpha value is -3.03. The highest BCUT2D eigenvalue weighted by atomic mass is 16.5. The average molecular weight is 386 g/mol. The number of H-pyrrole nitrogens is 1. The zero-order valence-corrected chi connectivity index (χ0v) is 16.6. The van der Waals surface area contributed by atoms with Crippen molar-refractivity contribution in [1.82, 2.24) is 20.2 Å². The van der Waals surface area contributed by atoms with Crippen molar-refractivity contribution in [3.8, 4) is 5.75 Å². The summed E-state index contributed by atoms with van der Waals surface area (Å²) in [6, 6.07) is 6.15. The van der Waals surface area contributed by atoms with E-state index in [4.69, 9.17) is 9.47 Å². The summed E-state index contributed by atoms with van der Waals surface area (Å²) >= 11 is 0. The number of esters is 1. The van der Waals surface area contributed by atoms with E-state index < -0.39 is 12.0 Å². The molecule has 0 fully saturated rings. The Morgan fingerprint density at radius 2 is 2.11 bits per heavy atom. The first-order valence-corrected chi connectivity index (χ1v) is 9.27. The number of nitrogens with zero attached hydrogens (tertiary/aromatic N) is 2. The number of aromatic amines is 1. The molecule has 150 valence electrons. The monoisotopic (exact) mass is 386 g/mol. The van der Waals surface area contributed by atoms with Crippen molar-refractivity contribution in [2.24, 2.45) is 5.92 Å². The van der Waals surface area contributed by atoms with Crippen LogP contribution in [0.3, 0.4) is 0 Å². The van der Waals surface area contributed by atoms with E-state index in [1.165, 1.54) is 7.11 Å². The average Bonchev–Trinajstić information content (AvgIpc) is 3.19. The van der Waals surface area contributed by atoms with Gasteiger partial charge in [0.15, 0.2) is 0 Å². The van der Waals surface area contributed by atoms with Crippen molar-refractivity contribution in [1.29, 1.82) is 0 Å². The number of fused-ring (bicyclic) bond motifs is 1. The molecule has 0 bridgehead atoms. The molecule has 1 unspecified atom stereocenters. The largest absolute Gasteiger partial charge is 0.497 e. The fourth-order valence-corrected chi connectivity index (χ4v) is 3.49. The molecule has 28 heavy (non-hydrogen) atoms. The van der Waals surface area contributed by atoms with Gasteiger partial charge in [-0.3, -0.25) is 0 Å². The van der Waals surface area contributed by atoms with Crippen LogP contribution in [0.25, 0.3) is 0 Å². The van der Waals surface area contributed by atoms with Crippen LogP contribution in [-0.2, 0) is 16.0 Å². The molecule has 0 aliphatic carbocycles. The highest BCUT2D eigenvalue weighted by Crippen LogP contribution is 2.34. The van der Waals surface area contributed by atoms with Gasteiger partial charge in [0.05, 0.1) is 26.2 Å². The second-order valence-electron chi connectivity index (χ2n) is 7.08. The van der Waals surface area contributed by atoms with E-state index in [1.807, 2.05) is 38.1 Å². The number of benzene rings is 1. The number of carbonyl (C=O) groups is 2. The molecular formula is C20H26N4O4. The van der Waals surface area contributed by atoms with Gasteiger partial charge in [-0.1, -0.05) is 26.0 Å². The van der Waals surface area contributed by atoms with Crippen molar-refractivity contribution < 1.29 is 19.1 Å². The molecule has 0 saturated heterocycles. The molecule has 8 nitrogen and oxygen atoms in total. The normalized spacial score (nSPS) is 17.0. The number of nitrogens with one attached hydrogen (secondary N) is 2. The second-order valence-corrected chi connectivity index (χ2v) is 7.08. The highest BCUT2D eigenvalue weighted by Gasteiger charge is 2.36. The predicted octanol–water partition coefficient (Wildman–Crippen LogP) is 2.27. The van der Waals surface area contributed by atoms with E-state index in [1.54, 1.807) is 18.3 Å². The summed E-state index contributed by atoms with van der Waals surface area (Å²) in [5.41, 5.74) is 2.70. The molecule has 0 radical (unpaired) electrons. The smallest absolute Gasteiger partial charge is 0.328 e. The van der Waals surface area contributed by atoms with Crippen LogP contribution >= 0.6 is 0 Å². The maximum Gasteiger partial charge on any atom is 0.328 e. The van der Waals surface area contributed by atoms with Gasteiger partial charge in [0.25, 0.3) is 0 Å². The quantitative estimate of drug-likeness (QED) is 0.769. The summed E-state index contributed by atoms with van der Waals surface area (Å²) in [7, 11) is 2.92. The van der Waals surface area contributed by atoms with Gasteiger partial charge in [0, 0.05) is 18.7 Å². The van der Waals surface area contributed by atoms with Crippen LogP contribution < -0.4 is 10.1 Å². The zero-order valence-electron chi connectivity index (χ0n) is 16.6. The van der Waals surface area contributed by atoms with Crippen molar-refractivity contribution in [3.05, 3.63) is 47.5 Å². The summed E-state index contributed by atoms with van der Waals surface area (Å²) in [4.78, 5) is 34.5. The number of urea groups is 1. The van der Waals surface area contributed by atoms with Crippen LogP contribution in [0.2, 0.25) is 0 Å². The standard InChI is InChI=1S/C20H26N4O4/c1-12(2)16(19(25)28-4)23-20(26)24-9-8-15-17(22-11-21-15)18(24)13-6-5-7-14(10-13)27-3/h5-7,10-12,16,18H,8-9H2,1-4H3,(H,21,22)(H,23,26)/t16-,18?/m0/s1. The number of ether oxygens (including phenoxy) is 2. The Labute approximate surface area is 164 Å². The molecule has 3 rings (SSSR count). The van der Waals surface area contributed by atoms with Gasteiger partial charge >= 0.3 is 12.0 Å². The topological polar surface area (TPSA) is 96.6 Å². The van der Waals surface area contributed by atoms with Crippen molar-refractivity contribution in [3.63, 3.8) is 0 Å². The number of methoxy groups -OCH3 is 2. The Bertz CT molecular complexity index is 848. The Kier molecular flexibility index (Phi) is 5.87. The van der Waals surface area contributed by atoms with Crippen molar-refractivity contribution in [2.75, 3.05) is 20.8 Å². The van der Waals surface area contributed by atoms with Gasteiger partial charge in [0.2, 0.25) is 0 Å². The Morgan fingerprint density at radius 1 is 1.32 bits per heavy atom. The van der Waals surface area contributed by atoms with Crippen LogP contribution in [0.15, 0.2) is 30.6 Å². The van der Waals surface area contributed by atoms with Crippen LogP contribution in [0.5, 0.6) is 5.75 Å². The number of hydrogen-bond acceptors (Lipinski definition) is 5. The van der Waals surface area contributed by atoms with Gasteiger partial charge in [-0.05, 0) is 23.6 Å². The summed E-state index contributed by atoms with van der Waals surface area (Å²) in [6.07, 6.45) is 2.30. The van der Waals surface area contributed by atoms with E-state index in [0.717, 1.165) is 17.0 Å². The number of carbonyl (C=O) groups excluding carboxylic acids is 2. The predicted molar refractivity (Wildman–Crippen MR) is 103 cm³/mol. The fourth-order valence-electron chi connectivity index (χ4n) is 3.49. The minimum absolute atomic E-state index is 0.0996. The molecule has 0 saturated carbocycles. The molecule has 1 aromatic heterocycles. The van der Waals surface area contributed by atoms with E-state index >= 15 is 0 Å². The lowest BCUT2D eigenvalue weighted by Crippen LogP contribution is -2.53. The molecule has 2 atom stereocenters. The second kappa shape index (κ2) is 8.33. The first-order valence-electron chi connectivity index (χ1n) is 9.27. The fraction of sp³-hybridized carbons (Fsp3) is 0.450. The lowest BCUT2D eigenvalue weighted by molar-refractivity contribution is -0.144. The summed E-state index contributed by atoms with van der Waals surface area (Å²) in [5, 5.41) is 2.83. The van der Waals surface area contributed by atoms with Gasteiger partial charge in [-0.15, -0.1) is 0 Å². The third-order valence-corrected chi connectivity index (χ3v) is 5.00. The molecule has 1 aliphatic rings. The number of hydrogen-bond donors (Lipinski definition) is 2. The van der Waals surface area contributed by atoms with Crippen molar-refractivity contribution in [2.45, 2.75) is 32.4 Å². The summed E-state index contributed by atoms with van der Waals surface area (Å²) < 4.78 is 10.2. The molecule has 2 heterocycles. The molecule has 2 N–H and O–H groups in total. The zero-order chi connectivity index (χ0) is 20.3. The summed E-state index contributed by atoms with van der Waals surface area (Å²) in [5.74, 6) is 0.145. The highest BCUT2D eigenvalue weighted by molar-refractivity contribution is 5.84. The van der Waals surface area contributed by atoms with Crippen LogP contribution in [-0.4, -0.2) is 53.7 Å². The molecule has 1 aromatic carbocycles. The number of amides is 2. The van der Waals surface area contributed by atoms with E-state index in [2.05, 4.69) is 15.3 Å². The van der Waals surface area contributed by atoms with Crippen LogP contribution in [0.1, 0.15) is 36.8 Å². The van der Waals surface area contributed by atoms with E-state index in [9.17, 15) is 9.59 Å². The SMILES string of the molecule is COC(=O)[C@@H](NC(=O)N1CCc2[nH]cnc2C1c1cccc(OC)c1)C(C)C. The molecule has 0 spiro atoms. The van der Waals surface area contributed by atoms with Crippen LogP contribution in [0.4, 0.5) is 4.79 Å². The van der Waals surface area contributed by atoms with Gasteiger partial charge in [-0.2, -0.15) is 0 Å². The summed E-state index contributed by atoms with van der Waals surface area (Å²) in [6.45, 7) is 4.22. The number of rotatable bonds is 5. The third-order valence-electron chi connectivity index (χ3n) is 5.00. The number of imidazole rings is 1. The van der Waals surface area contributed by atoms with Gasteiger partial charge in [0.1, 0.15) is 17.8 Å². The Morgan fingerprint density at radius 3 is 2.79 bits per heavy atom. The van der Waals surface area contributed by atoms with Crippen LogP contribution in [0, 0.1) is 5.92 Å². The molecule has 2 aromatic rings. The van der Waals surface area contributed by atoms with E-state index in [0.29, 0.717) is 18.7 Å². The molecular weight excluding hydrogens is 360 g/mol. The van der Waals surface area contributed by atoms with Gasteiger partial charge in [-0.25, -0.2) is 14.6 Å². The maximum atomic E-state index is 13.1.